The number of rotatable bonds is 8. The van der Waals surface area contributed by atoms with Gasteiger partial charge in [0.05, 0.1) is 13.7 Å². The summed E-state index contributed by atoms with van der Waals surface area (Å²) in [4.78, 5) is 0. The molecule has 0 fully saturated rings. The summed E-state index contributed by atoms with van der Waals surface area (Å²) in [6, 6.07) is 6.00. The molecule has 0 radical (unpaired) electrons. The summed E-state index contributed by atoms with van der Waals surface area (Å²) >= 11 is 0. The zero-order valence-corrected chi connectivity index (χ0v) is 13.2. The molecule has 1 aromatic rings. The average molecular weight is 277 g/mol. The Morgan fingerprint density at radius 1 is 1.30 bits per heavy atom. The smallest absolute Gasteiger partial charge is 0.165 e. The summed E-state index contributed by atoms with van der Waals surface area (Å²) in [5, 5.41) is 3.48. The van der Waals surface area contributed by atoms with Crippen molar-refractivity contribution >= 4 is 0 Å². The van der Waals surface area contributed by atoms with E-state index < -0.39 is 0 Å². The van der Waals surface area contributed by atoms with E-state index in [1.807, 2.05) is 18.2 Å². The molecular weight excluding hydrogens is 250 g/mol. The van der Waals surface area contributed by atoms with Crippen LogP contribution in [0.15, 0.2) is 30.9 Å². The molecular formula is C17H27NO2. The van der Waals surface area contributed by atoms with Gasteiger partial charge in [0.25, 0.3) is 0 Å². The van der Waals surface area contributed by atoms with Crippen LogP contribution in [0.1, 0.15) is 39.2 Å². The van der Waals surface area contributed by atoms with Gasteiger partial charge in [-0.2, -0.15) is 0 Å². The third kappa shape index (κ3) is 5.66. The quantitative estimate of drug-likeness (QED) is 0.577. The number of hydrogen-bond donors (Lipinski definition) is 1. The van der Waals surface area contributed by atoms with E-state index in [1.165, 1.54) is 0 Å². The molecule has 0 unspecified atom stereocenters. The Morgan fingerprint density at radius 3 is 2.65 bits per heavy atom. The van der Waals surface area contributed by atoms with Crippen molar-refractivity contribution in [2.24, 2.45) is 0 Å². The Balaban J connectivity index is 2.78. The molecule has 0 spiro atoms. The minimum Gasteiger partial charge on any atom is -0.493 e. The van der Waals surface area contributed by atoms with Crippen molar-refractivity contribution in [3.8, 4) is 11.5 Å². The lowest BCUT2D eigenvalue weighted by Gasteiger charge is -2.22. The SMILES string of the molecule is C=CCCCOc1c(CNC(C)(C)C)cccc1OC. The van der Waals surface area contributed by atoms with Crippen LogP contribution in [-0.4, -0.2) is 19.3 Å². The number of nitrogens with one attached hydrogen (secondary N) is 1. The molecule has 0 aromatic heterocycles. The summed E-state index contributed by atoms with van der Waals surface area (Å²) in [5.74, 6) is 1.63. The molecule has 1 rings (SSSR count). The molecule has 0 heterocycles. The average Bonchev–Trinajstić information content (AvgIpc) is 2.41. The molecule has 0 saturated carbocycles. The number of benzene rings is 1. The second-order valence-corrected chi connectivity index (χ2v) is 5.83. The lowest BCUT2D eigenvalue weighted by Crippen LogP contribution is -2.35. The first-order chi connectivity index (χ1) is 9.48. The lowest BCUT2D eigenvalue weighted by atomic mass is 10.1. The highest BCUT2D eigenvalue weighted by atomic mass is 16.5. The molecule has 1 N–H and O–H groups in total. The van der Waals surface area contributed by atoms with E-state index in [9.17, 15) is 0 Å². The molecule has 0 amide bonds. The number of ether oxygens (including phenoxy) is 2. The highest BCUT2D eigenvalue weighted by Crippen LogP contribution is 2.31. The van der Waals surface area contributed by atoms with Gasteiger partial charge >= 0.3 is 0 Å². The Labute approximate surface area is 123 Å². The van der Waals surface area contributed by atoms with Crippen molar-refractivity contribution in [2.75, 3.05) is 13.7 Å². The van der Waals surface area contributed by atoms with Crippen LogP contribution in [0.25, 0.3) is 0 Å². The van der Waals surface area contributed by atoms with Gasteiger partial charge in [0.15, 0.2) is 11.5 Å². The van der Waals surface area contributed by atoms with E-state index in [0.29, 0.717) is 6.61 Å². The van der Waals surface area contributed by atoms with Crippen molar-refractivity contribution < 1.29 is 9.47 Å². The molecule has 3 nitrogen and oxygen atoms in total. The van der Waals surface area contributed by atoms with E-state index in [4.69, 9.17) is 9.47 Å². The first-order valence-electron chi connectivity index (χ1n) is 7.12. The van der Waals surface area contributed by atoms with E-state index in [1.54, 1.807) is 7.11 Å². The largest absolute Gasteiger partial charge is 0.493 e. The number of allylic oxidation sites excluding steroid dienone is 1. The number of unbranched alkanes of at least 4 members (excludes halogenated alkanes) is 1. The number of para-hydroxylation sites is 1. The van der Waals surface area contributed by atoms with E-state index in [0.717, 1.165) is 36.4 Å². The summed E-state index contributed by atoms with van der Waals surface area (Å²) in [7, 11) is 1.67. The molecule has 20 heavy (non-hydrogen) atoms. The zero-order valence-electron chi connectivity index (χ0n) is 13.2. The molecule has 3 heteroatoms. The summed E-state index contributed by atoms with van der Waals surface area (Å²) in [6.07, 6.45) is 3.84. The van der Waals surface area contributed by atoms with Crippen molar-refractivity contribution in [3.05, 3.63) is 36.4 Å². The van der Waals surface area contributed by atoms with Crippen LogP contribution in [0.4, 0.5) is 0 Å². The van der Waals surface area contributed by atoms with Gasteiger partial charge in [-0.05, 0) is 39.7 Å². The monoisotopic (exact) mass is 277 g/mol. The van der Waals surface area contributed by atoms with E-state index in [-0.39, 0.29) is 5.54 Å². The second kappa shape index (κ2) is 7.95. The van der Waals surface area contributed by atoms with Crippen LogP contribution in [0.2, 0.25) is 0 Å². The maximum atomic E-state index is 5.91. The van der Waals surface area contributed by atoms with Gasteiger partial charge in [-0.25, -0.2) is 0 Å². The third-order valence-corrected chi connectivity index (χ3v) is 2.89. The van der Waals surface area contributed by atoms with Crippen molar-refractivity contribution in [3.63, 3.8) is 0 Å². The molecule has 0 atom stereocenters. The first kappa shape index (κ1) is 16.6. The predicted molar refractivity (Wildman–Crippen MR) is 84.5 cm³/mol. The second-order valence-electron chi connectivity index (χ2n) is 5.83. The van der Waals surface area contributed by atoms with Crippen LogP contribution in [-0.2, 0) is 6.54 Å². The Morgan fingerprint density at radius 2 is 2.05 bits per heavy atom. The van der Waals surface area contributed by atoms with Gasteiger partial charge < -0.3 is 14.8 Å². The standard InChI is InChI=1S/C17H27NO2/c1-6-7-8-12-20-16-14(13-18-17(2,3)4)10-9-11-15(16)19-5/h6,9-11,18H,1,7-8,12-13H2,2-5H3. The van der Waals surface area contributed by atoms with E-state index >= 15 is 0 Å². The van der Waals surface area contributed by atoms with Crippen molar-refractivity contribution in [2.45, 2.75) is 45.7 Å². The fourth-order valence-electron chi connectivity index (χ4n) is 1.79. The fraction of sp³-hybridized carbons (Fsp3) is 0.529. The number of methoxy groups -OCH3 is 1. The number of hydrogen-bond acceptors (Lipinski definition) is 3. The predicted octanol–water partition coefficient (Wildman–Crippen LogP) is 3.93. The first-order valence-corrected chi connectivity index (χ1v) is 7.12. The van der Waals surface area contributed by atoms with Crippen LogP contribution in [0.3, 0.4) is 0 Å². The van der Waals surface area contributed by atoms with Crippen LogP contribution in [0, 0.1) is 0 Å². The van der Waals surface area contributed by atoms with E-state index in [2.05, 4.69) is 38.7 Å². The molecule has 0 aliphatic carbocycles. The Hall–Kier alpha value is -1.48. The van der Waals surface area contributed by atoms with Crippen LogP contribution < -0.4 is 14.8 Å². The molecule has 0 aliphatic rings. The molecule has 0 aliphatic heterocycles. The molecule has 0 bridgehead atoms. The van der Waals surface area contributed by atoms with Crippen LogP contribution >= 0.6 is 0 Å². The van der Waals surface area contributed by atoms with Gasteiger partial charge in [-0.3, -0.25) is 0 Å². The molecule has 0 saturated heterocycles. The highest BCUT2D eigenvalue weighted by molar-refractivity contribution is 5.46. The minimum atomic E-state index is 0.0726. The van der Waals surface area contributed by atoms with Gasteiger partial charge in [0, 0.05) is 17.6 Å². The summed E-state index contributed by atoms with van der Waals surface area (Å²) in [5.41, 5.74) is 1.20. The normalized spacial score (nSPS) is 11.2. The van der Waals surface area contributed by atoms with Gasteiger partial charge in [-0.1, -0.05) is 18.2 Å². The molecule has 1 aromatic carbocycles. The highest BCUT2D eigenvalue weighted by Gasteiger charge is 2.14. The zero-order chi connectivity index (χ0) is 15.0. The van der Waals surface area contributed by atoms with Gasteiger partial charge in [0.1, 0.15) is 0 Å². The third-order valence-electron chi connectivity index (χ3n) is 2.89. The summed E-state index contributed by atoms with van der Waals surface area (Å²) < 4.78 is 11.3. The fourth-order valence-corrected chi connectivity index (χ4v) is 1.79. The van der Waals surface area contributed by atoms with Gasteiger partial charge in [-0.15, -0.1) is 6.58 Å². The van der Waals surface area contributed by atoms with Crippen molar-refractivity contribution in [1.29, 1.82) is 0 Å². The topological polar surface area (TPSA) is 30.5 Å². The Bertz CT molecular complexity index is 421. The van der Waals surface area contributed by atoms with Crippen molar-refractivity contribution in [1.82, 2.24) is 5.32 Å². The lowest BCUT2D eigenvalue weighted by molar-refractivity contribution is 0.285. The van der Waals surface area contributed by atoms with Crippen LogP contribution in [0.5, 0.6) is 11.5 Å². The Kier molecular flexibility index (Phi) is 6.59. The molecule has 112 valence electrons. The maximum Gasteiger partial charge on any atom is 0.165 e. The maximum absolute atomic E-state index is 5.91. The summed E-state index contributed by atoms with van der Waals surface area (Å²) in [6.45, 7) is 11.6. The minimum absolute atomic E-state index is 0.0726. The van der Waals surface area contributed by atoms with Gasteiger partial charge in [0.2, 0.25) is 0 Å².